The van der Waals surface area contributed by atoms with E-state index in [1.807, 2.05) is 0 Å². The first-order valence-electron chi connectivity index (χ1n) is 4.38. The standard InChI is InChI=1S/C9H8BrF3N2O2/c1-15(4-7(16)17)6-3-2-5(10)8(14-6)9(11,12)13/h2-3H,4H2,1H3,(H,16,17). The zero-order valence-corrected chi connectivity index (χ0v) is 10.2. The average Bonchev–Trinajstić information content (AvgIpc) is 2.15. The van der Waals surface area contributed by atoms with Crippen molar-refractivity contribution in [1.29, 1.82) is 0 Å². The van der Waals surface area contributed by atoms with Gasteiger partial charge in [0.2, 0.25) is 0 Å². The molecule has 94 valence electrons. The Bertz CT molecular complexity index is 437. The number of likely N-dealkylation sites (N-methyl/N-ethyl adjacent to an activating group) is 1. The van der Waals surface area contributed by atoms with Crippen LogP contribution in [0.4, 0.5) is 19.0 Å². The van der Waals surface area contributed by atoms with E-state index in [1.165, 1.54) is 19.2 Å². The molecule has 0 aromatic carbocycles. The third-order valence-electron chi connectivity index (χ3n) is 1.86. The normalized spacial score (nSPS) is 11.4. The molecule has 0 unspecified atom stereocenters. The molecule has 0 saturated carbocycles. The van der Waals surface area contributed by atoms with Gasteiger partial charge in [-0.15, -0.1) is 0 Å². The van der Waals surface area contributed by atoms with Crippen LogP contribution in [-0.2, 0) is 11.0 Å². The molecule has 1 rings (SSSR count). The highest BCUT2D eigenvalue weighted by Crippen LogP contribution is 2.34. The Kier molecular flexibility index (Phi) is 3.97. The molecule has 8 heteroatoms. The Balaban J connectivity index is 3.08. The summed E-state index contributed by atoms with van der Waals surface area (Å²) in [6.45, 7) is -0.425. The predicted molar refractivity (Wildman–Crippen MR) is 57.8 cm³/mol. The molecule has 0 aliphatic carbocycles. The monoisotopic (exact) mass is 312 g/mol. The SMILES string of the molecule is CN(CC(=O)O)c1ccc(Br)c(C(F)(F)F)n1. The van der Waals surface area contributed by atoms with Gasteiger partial charge in [-0.05, 0) is 28.1 Å². The second-order valence-corrected chi connectivity index (χ2v) is 4.10. The molecular formula is C9H8BrF3N2O2. The molecule has 0 spiro atoms. The summed E-state index contributed by atoms with van der Waals surface area (Å²) in [5.74, 6) is -1.20. The third kappa shape index (κ3) is 3.58. The lowest BCUT2D eigenvalue weighted by Gasteiger charge is -2.17. The van der Waals surface area contributed by atoms with Crippen LogP contribution in [-0.4, -0.2) is 29.7 Å². The highest BCUT2D eigenvalue weighted by atomic mass is 79.9. The van der Waals surface area contributed by atoms with Gasteiger partial charge in [-0.2, -0.15) is 13.2 Å². The quantitative estimate of drug-likeness (QED) is 0.931. The Labute approximate surface area is 103 Å². The van der Waals surface area contributed by atoms with Crippen LogP contribution in [0.5, 0.6) is 0 Å². The maximum Gasteiger partial charge on any atom is 0.434 e. The van der Waals surface area contributed by atoms with E-state index in [-0.39, 0.29) is 10.3 Å². The lowest BCUT2D eigenvalue weighted by atomic mass is 10.3. The molecule has 0 saturated heterocycles. The number of hydrogen-bond donors (Lipinski definition) is 1. The molecule has 0 aliphatic rings. The second kappa shape index (κ2) is 4.91. The number of anilines is 1. The smallest absolute Gasteiger partial charge is 0.434 e. The van der Waals surface area contributed by atoms with Gasteiger partial charge in [-0.3, -0.25) is 4.79 Å². The van der Waals surface area contributed by atoms with Gasteiger partial charge in [0.1, 0.15) is 12.4 Å². The third-order valence-corrected chi connectivity index (χ3v) is 2.50. The largest absolute Gasteiger partial charge is 0.480 e. The average molecular weight is 313 g/mol. The molecule has 17 heavy (non-hydrogen) atoms. The summed E-state index contributed by atoms with van der Waals surface area (Å²) < 4.78 is 37.4. The van der Waals surface area contributed by atoms with Crippen molar-refractivity contribution in [3.8, 4) is 0 Å². The van der Waals surface area contributed by atoms with Gasteiger partial charge in [-0.25, -0.2) is 4.98 Å². The fourth-order valence-corrected chi connectivity index (χ4v) is 1.57. The summed E-state index contributed by atoms with van der Waals surface area (Å²) in [6.07, 6.45) is -4.58. The van der Waals surface area contributed by atoms with E-state index in [4.69, 9.17) is 5.11 Å². The van der Waals surface area contributed by atoms with Crippen LogP contribution >= 0.6 is 15.9 Å². The second-order valence-electron chi connectivity index (χ2n) is 3.25. The van der Waals surface area contributed by atoms with Crippen LogP contribution in [0.1, 0.15) is 5.69 Å². The summed E-state index contributed by atoms with van der Waals surface area (Å²) in [6, 6.07) is 2.49. The van der Waals surface area contributed by atoms with Gasteiger partial charge in [0.25, 0.3) is 0 Å². The first-order chi connectivity index (χ1) is 7.71. The maximum atomic E-state index is 12.5. The molecular weight excluding hydrogens is 305 g/mol. The van der Waals surface area contributed by atoms with Crippen molar-refractivity contribution in [2.24, 2.45) is 0 Å². The minimum atomic E-state index is -4.58. The summed E-state index contributed by atoms with van der Waals surface area (Å²) in [5, 5.41) is 8.53. The first-order valence-corrected chi connectivity index (χ1v) is 5.18. The van der Waals surface area contributed by atoms with Crippen molar-refractivity contribution in [2.45, 2.75) is 6.18 Å². The molecule has 1 aromatic heterocycles. The maximum absolute atomic E-state index is 12.5. The molecule has 0 atom stereocenters. The number of carbonyl (C=O) groups is 1. The first kappa shape index (κ1) is 13.8. The fourth-order valence-electron chi connectivity index (χ4n) is 1.13. The van der Waals surface area contributed by atoms with Gasteiger partial charge in [-0.1, -0.05) is 0 Å². The number of aromatic nitrogens is 1. The summed E-state index contributed by atoms with van der Waals surface area (Å²) in [5.41, 5.74) is -1.08. The van der Waals surface area contributed by atoms with Gasteiger partial charge < -0.3 is 10.0 Å². The number of nitrogens with zero attached hydrogens (tertiary/aromatic N) is 2. The molecule has 1 aromatic rings. The van der Waals surface area contributed by atoms with E-state index in [1.54, 1.807) is 0 Å². The highest BCUT2D eigenvalue weighted by Gasteiger charge is 2.35. The Morgan fingerprint density at radius 1 is 1.53 bits per heavy atom. The number of pyridine rings is 1. The van der Waals surface area contributed by atoms with Gasteiger partial charge >= 0.3 is 12.1 Å². The number of rotatable bonds is 3. The molecule has 4 nitrogen and oxygen atoms in total. The lowest BCUT2D eigenvalue weighted by Crippen LogP contribution is -2.26. The van der Waals surface area contributed by atoms with Gasteiger partial charge in [0.05, 0.1) is 0 Å². The molecule has 0 fully saturated rings. The fraction of sp³-hybridized carbons (Fsp3) is 0.333. The van der Waals surface area contributed by atoms with E-state index in [0.29, 0.717) is 0 Å². The molecule has 0 aliphatic heterocycles. The molecule has 1 heterocycles. The Morgan fingerprint density at radius 3 is 2.59 bits per heavy atom. The van der Waals surface area contributed by atoms with Crippen LogP contribution in [0, 0.1) is 0 Å². The van der Waals surface area contributed by atoms with Crippen molar-refractivity contribution in [1.82, 2.24) is 4.98 Å². The highest BCUT2D eigenvalue weighted by molar-refractivity contribution is 9.10. The lowest BCUT2D eigenvalue weighted by molar-refractivity contribution is -0.141. The Morgan fingerprint density at radius 2 is 2.12 bits per heavy atom. The minimum Gasteiger partial charge on any atom is -0.480 e. The number of halogens is 4. The number of aliphatic carboxylic acids is 1. The molecule has 0 bridgehead atoms. The van der Waals surface area contributed by atoms with E-state index in [0.717, 1.165) is 4.90 Å². The van der Waals surface area contributed by atoms with Crippen LogP contribution < -0.4 is 4.90 Å². The summed E-state index contributed by atoms with van der Waals surface area (Å²) >= 11 is 2.75. The molecule has 1 N–H and O–H groups in total. The zero-order chi connectivity index (χ0) is 13.2. The molecule has 0 radical (unpaired) electrons. The number of alkyl halides is 3. The van der Waals surface area contributed by atoms with E-state index in [9.17, 15) is 18.0 Å². The number of hydrogen-bond acceptors (Lipinski definition) is 3. The van der Waals surface area contributed by atoms with E-state index in [2.05, 4.69) is 20.9 Å². The van der Waals surface area contributed by atoms with Gasteiger partial charge in [0.15, 0.2) is 5.69 Å². The van der Waals surface area contributed by atoms with Crippen LogP contribution in [0.2, 0.25) is 0 Å². The summed E-state index contributed by atoms with van der Waals surface area (Å²) in [4.78, 5) is 14.9. The Hall–Kier alpha value is -1.31. The van der Waals surface area contributed by atoms with E-state index >= 15 is 0 Å². The topological polar surface area (TPSA) is 53.4 Å². The van der Waals surface area contributed by atoms with Crippen LogP contribution in [0.15, 0.2) is 16.6 Å². The zero-order valence-electron chi connectivity index (χ0n) is 8.62. The number of carboxylic acid groups (broad SMARTS) is 1. The van der Waals surface area contributed by atoms with Crippen molar-refractivity contribution >= 4 is 27.7 Å². The van der Waals surface area contributed by atoms with Crippen LogP contribution in [0.3, 0.4) is 0 Å². The summed E-state index contributed by atoms with van der Waals surface area (Å²) in [7, 11) is 1.35. The van der Waals surface area contributed by atoms with Crippen molar-refractivity contribution < 1.29 is 23.1 Å². The number of carboxylic acids is 1. The van der Waals surface area contributed by atoms with Crippen molar-refractivity contribution in [3.63, 3.8) is 0 Å². The van der Waals surface area contributed by atoms with Crippen molar-refractivity contribution in [2.75, 3.05) is 18.5 Å². The molecule has 0 amide bonds. The van der Waals surface area contributed by atoms with Crippen LogP contribution in [0.25, 0.3) is 0 Å². The minimum absolute atomic E-state index is 0.0528. The van der Waals surface area contributed by atoms with Gasteiger partial charge in [0, 0.05) is 11.5 Å². The van der Waals surface area contributed by atoms with Crippen molar-refractivity contribution in [3.05, 3.63) is 22.3 Å². The predicted octanol–water partition coefficient (Wildman–Crippen LogP) is 2.38. The van der Waals surface area contributed by atoms with E-state index < -0.39 is 24.4 Å².